The van der Waals surface area contributed by atoms with E-state index in [-0.39, 0.29) is 23.0 Å². The third-order valence-corrected chi connectivity index (χ3v) is 3.62. The summed E-state index contributed by atoms with van der Waals surface area (Å²) in [5.74, 6) is 0.212. The molecule has 0 saturated carbocycles. The first-order valence-electron chi connectivity index (χ1n) is 7.37. The van der Waals surface area contributed by atoms with E-state index in [4.69, 9.17) is 16.0 Å². The first-order chi connectivity index (χ1) is 11.6. The molecule has 0 aliphatic carbocycles. The van der Waals surface area contributed by atoms with E-state index in [1.165, 1.54) is 12.1 Å². The second-order valence-corrected chi connectivity index (χ2v) is 5.59. The van der Waals surface area contributed by atoms with Gasteiger partial charge < -0.3 is 9.73 Å². The van der Waals surface area contributed by atoms with E-state index in [0.717, 1.165) is 11.6 Å². The van der Waals surface area contributed by atoms with Crippen molar-refractivity contribution in [2.24, 2.45) is 0 Å². The van der Waals surface area contributed by atoms with Crippen LogP contribution in [0.5, 0.6) is 0 Å². The number of hydrogen-bond donors (Lipinski definition) is 1. The number of rotatable bonds is 5. The van der Waals surface area contributed by atoms with Crippen molar-refractivity contribution < 1.29 is 13.6 Å². The van der Waals surface area contributed by atoms with Gasteiger partial charge in [-0.25, -0.2) is 9.37 Å². The van der Waals surface area contributed by atoms with Gasteiger partial charge in [0.05, 0.1) is 11.9 Å². The highest BCUT2D eigenvalue weighted by molar-refractivity contribution is 6.30. The van der Waals surface area contributed by atoms with Crippen molar-refractivity contribution in [2.45, 2.75) is 12.8 Å². The van der Waals surface area contributed by atoms with Crippen LogP contribution in [-0.4, -0.2) is 10.9 Å². The quantitative estimate of drug-likeness (QED) is 0.729. The Kier molecular flexibility index (Phi) is 4.91. The zero-order chi connectivity index (χ0) is 16.9. The van der Waals surface area contributed by atoms with E-state index in [0.29, 0.717) is 18.1 Å². The fourth-order valence-electron chi connectivity index (χ4n) is 2.19. The van der Waals surface area contributed by atoms with Crippen LogP contribution in [0.25, 0.3) is 11.3 Å². The van der Waals surface area contributed by atoms with Crippen LogP contribution in [0.1, 0.15) is 12.3 Å². The van der Waals surface area contributed by atoms with Crippen molar-refractivity contribution in [3.63, 3.8) is 0 Å². The Balaban J connectivity index is 1.58. The van der Waals surface area contributed by atoms with Gasteiger partial charge in [0.2, 0.25) is 5.91 Å². The number of hydrogen-bond acceptors (Lipinski definition) is 3. The molecule has 0 unspecified atom stereocenters. The van der Waals surface area contributed by atoms with Gasteiger partial charge in [0.15, 0.2) is 11.7 Å². The van der Waals surface area contributed by atoms with Gasteiger partial charge in [-0.2, -0.15) is 0 Å². The highest BCUT2D eigenvalue weighted by Gasteiger charge is 2.11. The second-order valence-electron chi connectivity index (χ2n) is 5.16. The molecule has 0 radical (unpaired) electrons. The van der Waals surface area contributed by atoms with Gasteiger partial charge in [0, 0.05) is 23.4 Å². The van der Waals surface area contributed by atoms with E-state index < -0.39 is 5.82 Å². The lowest BCUT2D eigenvalue weighted by molar-refractivity contribution is -0.116. The summed E-state index contributed by atoms with van der Waals surface area (Å²) in [6.45, 7) is 0. The van der Waals surface area contributed by atoms with E-state index in [9.17, 15) is 9.18 Å². The summed E-state index contributed by atoms with van der Waals surface area (Å²) in [5.41, 5.74) is 1.02. The molecular weight excluding hydrogens is 331 g/mol. The zero-order valence-electron chi connectivity index (χ0n) is 12.6. The van der Waals surface area contributed by atoms with Crippen LogP contribution in [0, 0.1) is 5.82 Å². The summed E-state index contributed by atoms with van der Waals surface area (Å²) >= 11 is 5.67. The molecule has 1 aromatic heterocycles. The summed E-state index contributed by atoms with van der Waals surface area (Å²) in [6, 6.07) is 13.7. The number of benzene rings is 2. The molecule has 1 amide bonds. The van der Waals surface area contributed by atoms with Gasteiger partial charge in [-0.3, -0.25) is 4.79 Å². The Labute approximate surface area is 143 Å². The summed E-state index contributed by atoms with van der Waals surface area (Å²) < 4.78 is 19.3. The largest absolute Gasteiger partial charge is 0.441 e. The third-order valence-electron chi connectivity index (χ3n) is 3.38. The maximum atomic E-state index is 13.6. The SMILES string of the molecule is O=C(CCc1ncc(-c2ccccc2)o1)Nc1ccc(Cl)cc1F. The van der Waals surface area contributed by atoms with Crippen LogP contribution >= 0.6 is 11.6 Å². The summed E-state index contributed by atoms with van der Waals surface area (Å²) in [4.78, 5) is 16.1. The number of aryl methyl sites for hydroxylation is 1. The maximum absolute atomic E-state index is 13.6. The number of halogens is 2. The number of nitrogens with zero attached hydrogens (tertiary/aromatic N) is 1. The van der Waals surface area contributed by atoms with Gasteiger partial charge >= 0.3 is 0 Å². The molecule has 24 heavy (non-hydrogen) atoms. The minimum absolute atomic E-state index is 0.0989. The van der Waals surface area contributed by atoms with Gasteiger partial charge in [0.25, 0.3) is 0 Å². The second kappa shape index (κ2) is 7.27. The number of carbonyl (C=O) groups excluding carboxylic acids is 1. The number of anilines is 1. The molecule has 1 N–H and O–H groups in total. The van der Waals surface area contributed by atoms with Crippen LogP contribution in [-0.2, 0) is 11.2 Å². The molecule has 0 atom stereocenters. The minimum Gasteiger partial charge on any atom is -0.441 e. The van der Waals surface area contributed by atoms with Gasteiger partial charge in [-0.1, -0.05) is 41.9 Å². The Bertz CT molecular complexity index is 849. The van der Waals surface area contributed by atoms with E-state index in [2.05, 4.69) is 10.3 Å². The molecule has 2 aromatic carbocycles. The number of carbonyl (C=O) groups is 1. The normalized spacial score (nSPS) is 10.6. The Morgan fingerprint density at radius 1 is 1.21 bits per heavy atom. The molecular formula is C18H14ClFN2O2. The Hall–Kier alpha value is -2.66. The minimum atomic E-state index is -0.571. The highest BCUT2D eigenvalue weighted by Crippen LogP contribution is 2.21. The number of aromatic nitrogens is 1. The first-order valence-corrected chi connectivity index (χ1v) is 7.74. The molecule has 3 aromatic rings. The molecule has 0 aliphatic rings. The fourth-order valence-corrected chi connectivity index (χ4v) is 2.34. The maximum Gasteiger partial charge on any atom is 0.224 e. The monoisotopic (exact) mass is 344 g/mol. The molecule has 0 bridgehead atoms. The molecule has 0 fully saturated rings. The van der Waals surface area contributed by atoms with Crippen molar-refractivity contribution in [1.82, 2.24) is 4.98 Å². The van der Waals surface area contributed by atoms with Crippen molar-refractivity contribution in [1.29, 1.82) is 0 Å². The molecule has 3 rings (SSSR count). The fraction of sp³-hybridized carbons (Fsp3) is 0.111. The third kappa shape index (κ3) is 4.00. The summed E-state index contributed by atoms with van der Waals surface area (Å²) in [6.07, 6.45) is 2.09. The van der Waals surface area contributed by atoms with Crippen LogP contribution in [0.3, 0.4) is 0 Å². The molecule has 1 heterocycles. The van der Waals surface area contributed by atoms with E-state index in [1.54, 1.807) is 6.20 Å². The number of amides is 1. The lowest BCUT2D eigenvalue weighted by atomic mass is 10.2. The highest BCUT2D eigenvalue weighted by atomic mass is 35.5. The summed E-state index contributed by atoms with van der Waals surface area (Å²) in [5, 5.41) is 2.78. The van der Waals surface area contributed by atoms with Crippen LogP contribution in [0.4, 0.5) is 10.1 Å². The molecule has 6 heteroatoms. The molecule has 0 aliphatic heterocycles. The van der Waals surface area contributed by atoms with Gasteiger partial charge in [-0.05, 0) is 18.2 Å². The van der Waals surface area contributed by atoms with Crippen LogP contribution < -0.4 is 5.32 Å². The van der Waals surface area contributed by atoms with Crippen molar-refractivity contribution in [2.75, 3.05) is 5.32 Å². The molecule has 0 spiro atoms. The van der Waals surface area contributed by atoms with Crippen LogP contribution in [0.15, 0.2) is 59.1 Å². The van der Waals surface area contributed by atoms with Gasteiger partial charge in [-0.15, -0.1) is 0 Å². The van der Waals surface area contributed by atoms with Crippen LogP contribution in [0.2, 0.25) is 5.02 Å². The lowest BCUT2D eigenvalue weighted by Crippen LogP contribution is -2.13. The van der Waals surface area contributed by atoms with E-state index in [1.807, 2.05) is 30.3 Å². The predicted molar refractivity (Wildman–Crippen MR) is 90.3 cm³/mol. The Morgan fingerprint density at radius 2 is 2.00 bits per heavy atom. The zero-order valence-corrected chi connectivity index (χ0v) is 13.4. The van der Waals surface area contributed by atoms with Gasteiger partial charge in [0.1, 0.15) is 5.82 Å². The van der Waals surface area contributed by atoms with Crippen molar-refractivity contribution in [3.05, 3.63) is 71.5 Å². The lowest BCUT2D eigenvalue weighted by Gasteiger charge is -2.05. The Morgan fingerprint density at radius 3 is 2.75 bits per heavy atom. The number of nitrogens with one attached hydrogen (secondary N) is 1. The van der Waals surface area contributed by atoms with Crippen molar-refractivity contribution in [3.8, 4) is 11.3 Å². The predicted octanol–water partition coefficient (Wildman–Crippen LogP) is 4.71. The number of oxazole rings is 1. The smallest absolute Gasteiger partial charge is 0.224 e. The summed E-state index contributed by atoms with van der Waals surface area (Å²) in [7, 11) is 0. The molecule has 0 saturated heterocycles. The van der Waals surface area contributed by atoms with E-state index >= 15 is 0 Å². The van der Waals surface area contributed by atoms with Crippen molar-refractivity contribution >= 4 is 23.2 Å². The average Bonchev–Trinajstić information content (AvgIpc) is 3.05. The standard InChI is InChI=1S/C18H14ClFN2O2/c19-13-6-7-15(14(20)10-13)22-17(23)8-9-18-21-11-16(24-18)12-4-2-1-3-5-12/h1-7,10-11H,8-9H2,(H,22,23). The first kappa shape index (κ1) is 16.2. The average molecular weight is 345 g/mol. The molecule has 122 valence electrons. The topological polar surface area (TPSA) is 55.1 Å². The molecule has 4 nitrogen and oxygen atoms in total.